The molecule has 118 valence electrons. The van der Waals surface area contributed by atoms with Gasteiger partial charge in [0, 0.05) is 19.8 Å². The molecule has 7 heteroatoms. The average Bonchev–Trinajstić information content (AvgIpc) is 3.16. The van der Waals surface area contributed by atoms with Gasteiger partial charge in [0.25, 0.3) is 5.91 Å². The summed E-state index contributed by atoms with van der Waals surface area (Å²) in [6.45, 7) is 3.48. The number of hydrogen-bond donors (Lipinski definition) is 0. The van der Waals surface area contributed by atoms with Crippen LogP contribution in [0.2, 0.25) is 10.2 Å². The van der Waals surface area contributed by atoms with E-state index in [9.17, 15) is 4.79 Å². The summed E-state index contributed by atoms with van der Waals surface area (Å²) in [5.74, 6) is -0.0253. The molecule has 2 aromatic heterocycles. The largest absolute Gasteiger partial charge is 0.333 e. The molecule has 22 heavy (non-hydrogen) atoms. The fourth-order valence-electron chi connectivity index (χ4n) is 2.97. The Kier molecular flexibility index (Phi) is 4.19. The lowest BCUT2D eigenvalue weighted by molar-refractivity contribution is 0.0712. The third-order valence-corrected chi connectivity index (χ3v) is 4.98. The van der Waals surface area contributed by atoms with Gasteiger partial charge in [-0.3, -0.25) is 9.48 Å². The molecule has 0 aliphatic carbocycles. The summed E-state index contributed by atoms with van der Waals surface area (Å²) in [7, 11) is 1.75. The minimum Gasteiger partial charge on any atom is -0.333 e. The van der Waals surface area contributed by atoms with Crippen molar-refractivity contribution in [3.8, 4) is 0 Å². The Hall–Kier alpha value is -1.46. The van der Waals surface area contributed by atoms with E-state index in [-0.39, 0.29) is 11.9 Å². The van der Waals surface area contributed by atoms with E-state index in [4.69, 9.17) is 23.2 Å². The Bertz CT molecular complexity index is 706. The maximum Gasteiger partial charge on any atom is 0.270 e. The fraction of sp³-hybridized carbons (Fsp3) is 0.467. The first-order chi connectivity index (χ1) is 10.5. The highest BCUT2D eigenvalue weighted by Gasteiger charge is 2.31. The van der Waals surface area contributed by atoms with E-state index in [0.29, 0.717) is 22.4 Å². The van der Waals surface area contributed by atoms with Crippen molar-refractivity contribution in [2.75, 3.05) is 6.54 Å². The van der Waals surface area contributed by atoms with Crippen LogP contribution >= 0.6 is 23.2 Å². The molecule has 3 heterocycles. The van der Waals surface area contributed by atoms with Crippen LogP contribution in [0.5, 0.6) is 0 Å². The van der Waals surface area contributed by atoms with E-state index in [2.05, 4.69) is 5.10 Å². The van der Waals surface area contributed by atoms with Gasteiger partial charge in [0.15, 0.2) is 0 Å². The lowest BCUT2D eigenvalue weighted by atomic mass is 10.2. The maximum absolute atomic E-state index is 12.8. The summed E-state index contributed by atoms with van der Waals surface area (Å²) >= 11 is 12.1. The van der Waals surface area contributed by atoms with Crippen molar-refractivity contribution < 1.29 is 4.79 Å². The summed E-state index contributed by atoms with van der Waals surface area (Å²) in [4.78, 5) is 14.7. The van der Waals surface area contributed by atoms with Gasteiger partial charge in [0.1, 0.15) is 10.8 Å². The molecule has 2 aromatic rings. The number of hydrogen-bond acceptors (Lipinski definition) is 2. The summed E-state index contributed by atoms with van der Waals surface area (Å²) in [6, 6.07) is 1.79. The number of carbonyl (C=O) groups excluding carboxylic acids is 1. The number of aromatic nitrogens is 3. The predicted octanol–water partition coefficient (Wildman–Crippen LogP) is 3.14. The molecule has 1 aliphatic rings. The molecular formula is C15H18Cl2N4O. The Labute approximate surface area is 139 Å². The van der Waals surface area contributed by atoms with Crippen molar-refractivity contribution in [2.24, 2.45) is 7.05 Å². The van der Waals surface area contributed by atoms with Gasteiger partial charge in [-0.05, 0) is 31.4 Å². The van der Waals surface area contributed by atoms with Crippen molar-refractivity contribution in [2.45, 2.75) is 32.4 Å². The van der Waals surface area contributed by atoms with Gasteiger partial charge in [-0.2, -0.15) is 5.10 Å². The van der Waals surface area contributed by atoms with Gasteiger partial charge in [-0.1, -0.05) is 23.2 Å². The number of nitrogens with zero attached hydrogens (tertiary/aromatic N) is 4. The van der Waals surface area contributed by atoms with Crippen LogP contribution in [0.4, 0.5) is 0 Å². The van der Waals surface area contributed by atoms with E-state index in [0.717, 1.165) is 24.9 Å². The first kappa shape index (κ1) is 15.4. The van der Waals surface area contributed by atoms with E-state index in [1.165, 1.54) is 0 Å². The minimum absolute atomic E-state index is 0.0253. The highest BCUT2D eigenvalue weighted by Crippen LogP contribution is 2.28. The molecule has 1 amide bonds. The topological polar surface area (TPSA) is 43.1 Å². The van der Waals surface area contributed by atoms with Gasteiger partial charge in [-0.25, -0.2) is 0 Å². The second kappa shape index (κ2) is 5.97. The minimum atomic E-state index is -0.0253. The fourth-order valence-corrected chi connectivity index (χ4v) is 3.35. The standard InChI is InChI=1S/C15H18Cl2N4O/c1-10-7-18-20(8-10)9-11-4-3-5-21(11)15(22)13-6-12(16)14(17)19(13)2/h6-8,11H,3-5,9H2,1-2H3/t11-/m1/s1. The van der Waals surface area contributed by atoms with Crippen LogP contribution in [0.1, 0.15) is 28.9 Å². The van der Waals surface area contributed by atoms with E-state index in [1.54, 1.807) is 17.7 Å². The third kappa shape index (κ3) is 2.75. The van der Waals surface area contributed by atoms with Crippen LogP contribution in [-0.2, 0) is 13.6 Å². The van der Waals surface area contributed by atoms with Crippen molar-refractivity contribution >= 4 is 29.1 Å². The second-order valence-corrected chi connectivity index (χ2v) is 6.53. The second-order valence-electron chi connectivity index (χ2n) is 5.76. The highest BCUT2D eigenvalue weighted by atomic mass is 35.5. The van der Waals surface area contributed by atoms with Crippen molar-refractivity contribution in [1.82, 2.24) is 19.2 Å². The normalized spacial score (nSPS) is 18.2. The first-order valence-electron chi connectivity index (χ1n) is 7.28. The smallest absolute Gasteiger partial charge is 0.270 e. The van der Waals surface area contributed by atoms with Crippen LogP contribution < -0.4 is 0 Å². The van der Waals surface area contributed by atoms with Gasteiger partial charge in [-0.15, -0.1) is 0 Å². The average molecular weight is 341 g/mol. The molecule has 1 aliphatic heterocycles. The Morgan fingerprint density at radius 2 is 2.23 bits per heavy atom. The predicted molar refractivity (Wildman–Crippen MR) is 86.5 cm³/mol. The number of aryl methyl sites for hydroxylation is 1. The Morgan fingerprint density at radius 3 is 2.82 bits per heavy atom. The van der Waals surface area contributed by atoms with E-state index in [1.807, 2.05) is 28.9 Å². The van der Waals surface area contributed by atoms with Crippen LogP contribution in [0, 0.1) is 6.92 Å². The molecular weight excluding hydrogens is 323 g/mol. The zero-order valence-corrected chi connectivity index (χ0v) is 14.1. The number of likely N-dealkylation sites (tertiary alicyclic amines) is 1. The molecule has 0 radical (unpaired) electrons. The van der Waals surface area contributed by atoms with E-state index >= 15 is 0 Å². The molecule has 0 spiro atoms. The maximum atomic E-state index is 12.8. The molecule has 1 atom stereocenters. The quantitative estimate of drug-likeness (QED) is 0.861. The lowest BCUT2D eigenvalue weighted by Gasteiger charge is -2.25. The van der Waals surface area contributed by atoms with Gasteiger partial charge >= 0.3 is 0 Å². The summed E-state index contributed by atoms with van der Waals surface area (Å²) in [5, 5.41) is 5.11. The summed E-state index contributed by atoms with van der Waals surface area (Å²) in [5.41, 5.74) is 1.65. The van der Waals surface area contributed by atoms with Gasteiger partial charge in [0.2, 0.25) is 0 Å². The zero-order chi connectivity index (χ0) is 15.9. The van der Waals surface area contributed by atoms with Crippen molar-refractivity contribution in [3.05, 3.63) is 39.9 Å². The SMILES string of the molecule is Cc1cnn(C[C@H]2CCCN2C(=O)c2cc(Cl)c(Cl)n2C)c1. The molecule has 0 N–H and O–H groups in total. The number of rotatable bonds is 3. The zero-order valence-electron chi connectivity index (χ0n) is 12.6. The molecule has 0 bridgehead atoms. The molecule has 1 saturated heterocycles. The van der Waals surface area contributed by atoms with Crippen LogP contribution in [0.15, 0.2) is 18.5 Å². The first-order valence-corrected chi connectivity index (χ1v) is 8.03. The van der Waals surface area contributed by atoms with Gasteiger partial charge < -0.3 is 9.47 Å². The van der Waals surface area contributed by atoms with Crippen LogP contribution in [0.3, 0.4) is 0 Å². The van der Waals surface area contributed by atoms with E-state index < -0.39 is 0 Å². The van der Waals surface area contributed by atoms with Crippen LogP contribution in [-0.4, -0.2) is 37.7 Å². The third-order valence-electron chi connectivity index (χ3n) is 4.13. The Balaban J connectivity index is 1.80. The summed E-state index contributed by atoms with van der Waals surface area (Å²) in [6.07, 6.45) is 5.81. The number of halogens is 2. The van der Waals surface area contributed by atoms with Crippen LogP contribution in [0.25, 0.3) is 0 Å². The molecule has 0 unspecified atom stereocenters. The van der Waals surface area contributed by atoms with Crippen molar-refractivity contribution in [1.29, 1.82) is 0 Å². The lowest BCUT2D eigenvalue weighted by Crippen LogP contribution is -2.39. The highest BCUT2D eigenvalue weighted by molar-refractivity contribution is 6.41. The molecule has 3 rings (SSSR count). The summed E-state index contributed by atoms with van der Waals surface area (Å²) < 4.78 is 3.54. The molecule has 0 saturated carbocycles. The van der Waals surface area contributed by atoms with Crippen molar-refractivity contribution in [3.63, 3.8) is 0 Å². The van der Waals surface area contributed by atoms with Gasteiger partial charge in [0.05, 0.1) is 23.8 Å². The molecule has 0 aromatic carbocycles. The monoisotopic (exact) mass is 340 g/mol. The molecule has 1 fully saturated rings. The number of carbonyl (C=O) groups is 1. The Morgan fingerprint density at radius 1 is 1.45 bits per heavy atom. The molecule has 5 nitrogen and oxygen atoms in total. The number of amides is 1.